The van der Waals surface area contributed by atoms with Crippen LogP contribution in [0.5, 0.6) is 0 Å². The molecule has 0 aliphatic heterocycles. The topological polar surface area (TPSA) is 131 Å². The first kappa shape index (κ1) is 21.2. The number of nitrogens with two attached hydrogens (primary N) is 2. The minimum Gasteiger partial charge on any atom is -0.370 e. The highest BCUT2D eigenvalue weighted by Gasteiger charge is 1.90. The Morgan fingerprint density at radius 3 is 2.30 bits per heavy atom. The summed E-state index contributed by atoms with van der Waals surface area (Å²) in [4.78, 5) is 4.16. The smallest absolute Gasteiger partial charge is 0.261 e. The molecular formula is C12H28N4O3S. The molecule has 0 aliphatic carbocycles. The summed E-state index contributed by atoms with van der Waals surface area (Å²) in [6.45, 7) is 6.40. The molecule has 0 amide bonds. The molecule has 0 spiro atoms. The van der Waals surface area contributed by atoms with Crippen molar-refractivity contribution in [1.29, 1.82) is 0 Å². The van der Waals surface area contributed by atoms with E-state index in [1.165, 1.54) is 5.57 Å². The summed E-state index contributed by atoms with van der Waals surface area (Å²) < 4.78 is 25.9. The molecule has 20 heavy (non-hydrogen) atoms. The Bertz CT molecular complexity index is 380. The van der Waals surface area contributed by atoms with Crippen LogP contribution in [0.25, 0.3) is 0 Å². The summed E-state index contributed by atoms with van der Waals surface area (Å²) in [7, 11) is -3.67. The highest BCUT2D eigenvalue weighted by molar-refractivity contribution is 7.85. The third-order valence-electron chi connectivity index (χ3n) is 1.95. The van der Waals surface area contributed by atoms with Crippen LogP contribution in [-0.4, -0.2) is 44.8 Å². The zero-order chi connectivity index (χ0) is 16.0. The van der Waals surface area contributed by atoms with E-state index in [0.29, 0.717) is 18.8 Å². The van der Waals surface area contributed by atoms with Crippen molar-refractivity contribution in [3.8, 4) is 0 Å². The largest absolute Gasteiger partial charge is 0.370 e. The molecule has 0 aromatic rings. The molecule has 0 saturated carbocycles. The Balaban J connectivity index is 0. The molecular weight excluding hydrogens is 280 g/mol. The first-order valence-corrected chi connectivity index (χ1v) is 8.31. The van der Waals surface area contributed by atoms with Crippen LogP contribution in [0, 0.1) is 0 Å². The fourth-order valence-electron chi connectivity index (χ4n) is 1.05. The maximum absolute atomic E-state index is 9.19. The van der Waals surface area contributed by atoms with Crippen LogP contribution in [0.3, 0.4) is 0 Å². The zero-order valence-corrected chi connectivity index (χ0v) is 13.4. The standard InChI is InChI=1S/C11H24N4.CH4O3S/c1-10(2)6-9-15-11(13)14-8-5-3-4-7-12;1-5(2,3)4/h6H,3-5,7-9,12H2,1-2H3,(H3,13,14,15);1H3,(H,2,3,4). The summed E-state index contributed by atoms with van der Waals surface area (Å²) in [6.07, 6.45) is 6.08. The zero-order valence-electron chi connectivity index (χ0n) is 12.6. The molecule has 0 unspecified atom stereocenters. The second-order valence-electron chi connectivity index (χ2n) is 4.52. The average molecular weight is 308 g/mol. The van der Waals surface area contributed by atoms with Gasteiger partial charge in [0.05, 0.1) is 12.8 Å². The number of hydrogen-bond donors (Lipinski definition) is 4. The van der Waals surface area contributed by atoms with Crippen molar-refractivity contribution in [2.24, 2.45) is 16.5 Å². The van der Waals surface area contributed by atoms with E-state index in [1.54, 1.807) is 0 Å². The van der Waals surface area contributed by atoms with Crippen LogP contribution in [0.2, 0.25) is 0 Å². The highest BCUT2D eigenvalue weighted by Crippen LogP contribution is 1.91. The molecule has 0 aliphatic rings. The number of nitrogens with one attached hydrogen (secondary N) is 1. The number of guanidine groups is 1. The van der Waals surface area contributed by atoms with Crippen LogP contribution in [0.15, 0.2) is 16.6 Å². The molecule has 8 heteroatoms. The van der Waals surface area contributed by atoms with Crippen LogP contribution in [-0.2, 0) is 10.1 Å². The summed E-state index contributed by atoms with van der Waals surface area (Å²) >= 11 is 0. The number of rotatable bonds is 7. The van der Waals surface area contributed by atoms with Gasteiger partial charge in [0.15, 0.2) is 5.96 Å². The van der Waals surface area contributed by atoms with E-state index in [2.05, 4.69) is 10.3 Å². The van der Waals surface area contributed by atoms with E-state index >= 15 is 0 Å². The molecule has 0 aromatic heterocycles. The van der Waals surface area contributed by atoms with Gasteiger partial charge in [0.2, 0.25) is 0 Å². The van der Waals surface area contributed by atoms with Crippen LogP contribution < -0.4 is 16.8 Å². The molecule has 7 nitrogen and oxygen atoms in total. The Labute approximate surface area is 122 Å². The predicted octanol–water partition coefficient (Wildman–Crippen LogP) is 0.490. The van der Waals surface area contributed by atoms with Gasteiger partial charge in [0.1, 0.15) is 0 Å². The molecule has 0 bridgehead atoms. The van der Waals surface area contributed by atoms with Crippen molar-refractivity contribution in [2.75, 3.05) is 25.9 Å². The van der Waals surface area contributed by atoms with Gasteiger partial charge in [0, 0.05) is 6.54 Å². The van der Waals surface area contributed by atoms with E-state index in [4.69, 9.17) is 16.0 Å². The second-order valence-corrected chi connectivity index (χ2v) is 5.98. The fourth-order valence-corrected chi connectivity index (χ4v) is 1.05. The molecule has 6 N–H and O–H groups in total. The summed E-state index contributed by atoms with van der Waals surface area (Å²) in [6, 6.07) is 0. The minimum atomic E-state index is -3.67. The van der Waals surface area contributed by atoms with Crippen molar-refractivity contribution >= 4 is 16.1 Å². The summed E-state index contributed by atoms with van der Waals surface area (Å²) in [5.74, 6) is 0.528. The van der Waals surface area contributed by atoms with E-state index in [0.717, 1.165) is 32.4 Å². The monoisotopic (exact) mass is 308 g/mol. The predicted molar refractivity (Wildman–Crippen MR) is 84.3 cm³/mol. The normalized spacial score (nSPS) is 11.3. The highest BCUT2D eigenvalue weighted by atomic mass is 32.2. The van der Waals surface area contributed by atoms with Crippen LogP contribution in [0.1, 0.15) is 33.1 Å². The van der Waals surface area contributed by atoms with Gasteiger partial charge in [-0.3, -0.25) is 4.55 Å². The van der Waals surface area contributed by atoms with Gasteiger partial charge in [-0.25, -0.2) is 4.99 Å². The lowest BCUT2D eigenvalue weighted by Gasteiger charge is -2.04. The van der Waals surface area contributed by atoms with Crippen LogP contribution >= 0.6 is 0 Å². The first-order valence-electron chi connectivity index (χ1n) is 6.46. The average Bonchev–Trinajstić information content (AvgIpc) is 2.26. The van der Waals surface area contributed by atoms with Gasteiger partial charge in [-0.15, -0.1) is 0 Å². The number of hydrogen-bond acceptors (Lipinski definition) is 4. The van der Waals surface area contributed by atoms with Crippen molar-refractivity contribution in [1.82, 2.24) is 5.32 Å². The molecule has 0 radical (unpaired) electrons. The molecule has 0 saturated heterocycles. The Morgan fingerprint density at radius 2 is 1.85 bits per heavy atom. The quantitative estimate of drug-likeness (QED) is 0.178. The van der Waals surface area contributed by atoms with Gasteiger partial charge in [-0.2, -0.15) is 8.42 Å². The fraction of sp³-hybridized carbons (Fsp3) is 0.750. The van der Waals surface area contributed by atoms with Crippen molar-refractivity contribution in [3.63, 3.8) is 0 Å². The SMILES string of the molecule is CC(C)=CCN=C(N)NCCCCCN.CS(=O)(=O)O. The van der Waals surface area contributed by atoms with E-state index in [9.17, 15) is 8.42 Å². The van der Waals surface area contributed by atoms with Crippen molar-refractivity contribution in [2.45, 2.75) is 33.1 Å². The van der Waals surface area contributed by atoms with Crippen LogP contribution in [0.4, 0.5) is 0 Å². The first-order chi connectivity index (χ1) is 9.16. The molecule has 0 rings (SSSR count). The number of unbranched alkanes of at least 4 members (excludes halogenated alkanes) is 2. The lowest BCUT2D eigenvalue weighted by Crippen LogP contribution is -2.32. The Kier molecular flexibility index (Phi) is 13.7. The maximum atomic E-state index is 9.19. The van der Waals surface area contributed by atoms with Gasteiger partial charge in [-0.05, 0) is 33.2 Å². The minimum absolute atomic E-state index is 0.528. The lowest BCUT2D eigenvalue weighted by molar-refractivity contribution is 0.490. The summed E-state index contributed by atoms with van der Waals surface area (Å²) in [5.41, 5.74) is 12.3. The second kappa shape index (κ2) is 12.9. The molecule has 0 aromatic carbocycles. The lowest BCUT2D eigenvalue weighted by atomic mass is 10.2. The third kappa shape index (κ3) is 30.2. The van der Waals surface area contributed by atoms with E-state index < -0.39 is 10.1 Å². The van der Waals surface area contributed by atoms with Crippen molar-refractivity contribution < 1.29 is 13.0 Å². The number of nitrogens with zero attached hydrogens (tertiary/aromatic N) is 1. The van der Waals surface area contributed by atoms with Crippen molar-refractivity contribution in [3.05, 3.63) is 11.6 Å². The van der Waals surface area contributed by atoms with Gasteiger partial charge in [0.25, 0.3) is 10.1 Å². The molecule has 0 atom stereocenters. The molecule has 0 fully saturated rings. The maximum Gasteiger partial charge on any atom is 0.261 e. The number of allylic oxidation sites excluding steroid dienone is 1. The van der Waals surface area contributed by atoms with Gasteiger partial charge < -0.3 is 16.8 Å². The Morgan fingerprint density at radius 1 is 1.30 bits per heavy atom. The molecule has 0 heterocycles. The van der Waals surface area contributed by atoms with E-state index in [1.807, 2.05) is 19.9 Å². The third-order valence-corrected chi connectivity index (χ3v) is 1.95. The number of aliphatic imine (C=N–C) groups is 1. The van der Waals surface area contributed by atoms with E-state index in [-0.39, 0.29) is 0 Å². The van der Waals surface area contributed by atoms with Gasteiger partial charge >= 0.3 is 0 Å². The van der Waals surface area contributed by atoms with Gasteiger partial charge in [-0.1, -0.05) is 18.1 Å². The molecule has 120 valence electrons. The summed E-state index contributed by atoms with van der Waals surface area (Å²) in [5, 5.41) is 3.07. The Hall–Kier alpha value is -1.12.